The van der Waals surface area contributed by atoms with Crippen molar-refractivity contribution in [2.45, 2.75) is 32.4 Å². The molecule has 5 heteroatoms. The summed E-state index contributed by atoms with van der Waals surface area (Å²) in [4.78, 5) is 12.8. The van der Waals surface area contributed by atoms with Gasteiger partial charge in [0.25, 0.3) is 0 Å². The molecule has 1 atom stereocenters. The molecule has 0 saturated carbocycles. The quantitative estimate of drug-likeness (QED) is 0.799. The van der Waals surface area contributed by atoms with E-state index >= 15 is 0 Å². The summed E-state index contributed by atoms with van der Waals surface area (Å²) in [5.41, 5.74) is 5.19. The summed E-state index contributed by atoms with van der Waals surface area (Å²) >= 11 is 1.21. The van der Waals surface area contributed by atoms with E-state index in [1.54, 1.807) is 32.9 Å². The molecule has 1 heterocycles. The number of hydrogen-bond acceptors (Lipinski definition) is 5. The van der Waals surface area contributed by atoms with Gasteiger partial charge in [-0.1, -0.05) is 0 Å². The Morgan fingerprint density at radius 3 is 2.62 bits per heavy atom. The molecule has 0 aliphatic rings. The van der Waals surface area contributed by atoms with E-state index in [0.29, 0.717) is 9.75 Å². The summed E-state index contributed by atoms with van der Waals surface area (Å²) in [7, 11) is 0. The molecule has 1 unspecified atom stereocenters. The molecule has 1 rings (SSSR count). The van der Waals surface area contributed by atoms with Crippen LogP contribution in [0, 0.1) is 11.3 Å². The van der Waals surface area contributed by atoms with Gasteiger partial charge in [0.1, 0.15) is 22.6 Å². The molecule has 0 fully saturated rings. The summed E-state index contributed by atoms with van der Waals surface area (Å²) in [5.74, 6) is -0.473. The monoisotopic (exact) mass is 238 g/mol. The topological polar surface area (TPSA) is 76.1 Å². The first-order chi connectivity index (χ1) is 7.33. The Morgan fingerprint density at radius 2 is 2.19 bits per heavy atom. The Balaban J connectivity index is 2.75. The number of thiophene rings is 1. The van der Waals surface area contributed by atoms with Crippen LogP contribution < -0.4 is 5.73 Å². The first-order valence-corrected chi connectivity index (χ1v) is 5.63. The molecule has 1 aromatic rings. The van der Waals surface area contributed by atoms with E-state index in [1.165, 1.54) is 11.3 Å². The van der Waals surface area contributed by atoms with Gasteiger partial charge in [0, 0.05) is 4.88 Å². The van der Waals surface area contributed by atoms with Crippen molar-refractivity contribution >= 4 is 17.3 Å². The van der Waals surface area contributed by atoms with Gasteiger partial charge in [0.15, 0.2) is 0 Å². The van der Waals surface area contributed by atoms with Crippen molar-refractivity contribution < 1.29 is 9.53 Å². The fraction of sp³-hybridized carbons (Fsp3) is 0.455. The van der Waals surface area contributed by atoms with E-state index in [9.17, 15) is 4.79 Å². The predicted octanol–water partition coefficient (Wildman–Crippen LogP) is 1.96. The van der Waals surface area contributed by atoms with E-state index in [2.05, 4.69) is 0 Å². The fourth-order valence-electron chi connectivity index (χ4n) is 1.06. The van der Waals surface area contributed by atoms with Crippen molar-refractivity contribution in [3.63, 3.8) is 0 Å². The lowest BCUT2D eigenvalue weighted by Gasteiger charge is -2.21. The SMILES string of the molecule is CC(C)(C)OC(=O)C(N)c1ccc(C#N)s1. The second kappa shape index (κ2) is 4.64. The van der Waals surface area contributed by atoms with Gasteiger partial charge in [0.05, 0.1) is 0 Å². The van der Waals surface area contributed by atoms with Crippen molar-refractivity contribution in [2.75, 3.05) is 0 Å². The standard InChI is InChI=1S/C11H14N2O2S/c1-11(2,3)15-10(14)9(13)8-5-4-7(6-12)16-8/h4-5,9H,13H2,1-3H3. The molecule has 0 amide bonds. The molecular formula is C11H14N2O2S. The zero-order valence-corrected chi connectivity index (χ0v) is 10.3. The number of ether oxygens (including phenoxy) is 1. The van der Waals surface area contributed by atoms with E-state index in [4.69, 9.17) is 15.7 Å². The molecule has 1 aromatic heterocycles. The van der Waals surface area contributed by atoms with E-state index in [1.807, 2.05) is 6.07 Å². The Bertz CT molecular complexity index is 426. The second-order valence-corrected chi connectivity index (χ2v) is 5.44. The van der Waals surface area contributed by atoms with Crippen molar-refractivity contribution in [3.05, 3.63) is 21.9 Å². The average molecular weight is 238 g/mol. The van der Waals surface area contributed by atoms with Gasteiger partial charge < -0.3 is 10.5 Å². The lowest BCUT2D eigenvalue weighted by Crippen LogP contribution is -2.31. The maximum atomic E-state index is 11.6. The molecule has 0 aliphatic carbocycles. The average Bonchev–Trinajstić information content (AvgIpc) is 2.61. The fourth-order valence-corrected chi connectivity index (χ4v) is 1.86. The van der Waals surface area contributed by atoms with Crippen LogP contribution in [0.5, 0.6) is 0 Å². The second-order valence-electron chi connectivity index (χ2n) is 4.32. The highest BCUT2D eigenvalue weighted by Crippen LogP contribution is 2.23. The van der Waals surface area contributed by atoms with Gasteiger partial charge >= 0.3 is 5.97 Å². The molecule has 16 heavy (non-hydrogen) atoms. The van der Waals surface area contributed by atoms with Crippen molar-refractivity contribution in [1.29, 1.82) is 5.26 Å². The van der Waals surface area contributed by atoms with Gasteiger partial charge in [0.2, 0.25) is 0 Å². The largest absolute Gasteiger partial charge is 0.459 e. The third-order valence-electron chi connectivity index (χ3n) is 1.70. The Morgan fingerprint density at radius 1 is 1.56 bits per heavy atom. The summed E-state index contributed by atoms with van der Waals surface area (Å²) in [6, 6.07) is 4.51. The Kier molecular flexibility index (Phi) is 3.68. The van der Waals surface area contributed by atoms with Crippen LogP contribution in [0.1, 0.15) is 36.6 Å². The van der Waals surface area contributed by atoms with Crippen LogP contribution in [-0.4, -0.2) is 11.6 Å². The summed E-state index contributed by atoms with van der Waals surface area (Å²) in [6.45, 7) is 5.35. The highest BCUT2D eigenvalue weighted by molar-refractivity contribution is 7.12. The van der Waals surface area contributed by atoms with Crippen molar-refractivity contribution in [3.8, 4) is 6.07 Å². The summed E-state index contributed by atoms with van der Waals surface area (Å²) in [5, 5.41) is 8.66. The smallest absolute Gasteiger partial charge is 0.328 e. The summed E-state index contributed by atoms with van der Waals surface area (Å²) < 4.78 is 5.16. The highest BCUT2D eigenvalue weighted by Gasteiger charge is 2.24. The van der Waals surface area contributed by atoms with E-state index in [-0.39, 0.29) is 0 Å². The number of rotatable bonds is 2. The van der Waals surface area contributed by atoms with Crippen LogP contribution in [0.3, 0.4) is 0 Å². The maximum Gasteiger partial charge on any atom is 0.328 e. The van der Waals surface area contributed by atoms with Crippen LogP contribution in [0.25, 0.3) is 0 Å². The summed E-state index contributed by atoms with van der Waals surface area (Å²) in [6.07, 6.45) is 0. The zero-order valence-electron chi connectivity index (χ0n) is 9.48. The van der Waals surface area contributed by atoms with E-state index in [0.717, 1.165) is 0 Å². The number of nitriles is 1. The number of nitrogens with two attached hydrogens (primary N) is 1. The van der Waals surface area contributed by atoms with Crippen LogP contribution in [0.15, 0.2) is 12.1 Å². The van der Waals surface area contributed by atoms with Crippen LogP contribution in [-0.2, 0) is 9.53 Å². The minimum Gasteiger partial charge on any atom is -0.459 e. The van der Waals surface area contributed by atoms with Gasteiger partial charge in [-0.2, -0.15) is 5.26 Å². The molecule has 86 valence electrons. The van der Waals surface area contributed by atoms with Crippen LogP contribution >= 0.6 is 11.3 Å². The third kappa shape index (κ3) is 3.33. The maximum absolute atomic E-state index is 11.6. The lowest BCUT2D eigenvalue weighted by atomic mass is 10.2. The molecule has 0 saturated heterocycles. The minimum atomic E-state index is -0.814. The molecule has 0 radical (unpaired) electrons. The van der Waals surface area contributed by atoms with Crippen molar-refractivity contribution in [2.24, 2.45) is 5.73 Å². The number of carbonyl (C=O) groups is 1. The lowest BCUT2D eigenvalue weighted by molar-refractivity contribution is -0.156. The number of esters is 1. The zero-order chi connectivity index (χ0) is 12.3. The molecule has 4 nitrogen and oxygen atoms in total. The first kappa shape index (κ1) is 12.7. The number of nitrogens with zero attached hydrogens (tertiary/aromatic N) is 1. The first-order valence-electron chi connectivity index (χ1n) is 4.82. The van der Waals surface area contributed by atoms with Crippen molar-refractivity contribution in [1.82, 2.24) is 0 Å². The van der Waals surface area contributed by atoms with Gasteiger partial charge in [-0.15, -0.1) is 11.3 Å². The highest BCUT2D eigenvalue weighted by atomic mass is 32.1. The van der Waals surface area contributed by atoms with Gasteiger partial charge in [-0.05, 0) is 32.9 Å². The van der Waals surface area contributed by atoms with Crippen LogP contribution in [0.2, 0.25) is 0 Å². The molecule has 0 aromatic carbocycles. The predicted molar refractivity (Wildman–Crippen MR) is 61.8 cm³/mol. The molecule has 0 bridgehead atoms. The normalized spacial score (nSPS) is 12.9. The van der Waals surface area contributed by atoms with Gasteiger partial charge in [-0.25, -0.2) is 4.79 Å². The number of carbonyl (C=O) groups excluding carboxylic acids is 1. The minimum absolute atomic E-state index is 0.473. The molecular weight excluding hydrogens is 224 g/mol. The van der Waals surface area contributed by atoms with Crippen LogP contribution in [0.4, 0.5) is 0 Å². The molecule has 0 spiro atoms. The Hall–Kier alpha value is -1.38. The Labute approximate surface area is 98.6 Å². The molecule has 2 N–H and O–H groups in total. The third-order valence-corrected chi connectivity index (χ3v) is 2.78. The van der Waals surface area contributed by atoms with E-state index < -0.39 is 17.6 Å². The molecule has 0 aliphatic heterocycles. The number of hydrogen-bond donors (Lipinski definition) is 1. The van der Waals surface area contributed by atoms with Gasteiger partial charge in [-0.3, -0.25) is 0 Å².